The van der Waals surface area contributed by atoms with Gasteiger partial charge in [-0.15, -0.1) is 0 Å². The number of rotatable bonds is 6. The highest BCUT2D eigenvalue weighted by Crippen LogP contribution is 2.19. The second-order valence-corrected chi connectivity index (χ2v) is 5.69. The SMILES string of the molecule is Cc1cc2ccccc2n1CC(=O)N(CCCO)C(C)C. The lowest BCUT2D eigenvalue weighted by Gasteiger charge is -2.27. The molecule has 0 bridgehead atoms. The molecule has 114 valence electrons. The lowest BCUT2D eigenvalue weighted by molar-refractivity contribution is -0.133. The number of benzene rings is 1. The van der Waals surface area contributed by atoms with E-state index in [0.717, 1.165) is 16.6 Å². The van der Waals surface area contributed by atoms with Crippen molar-refractivity contribution >= 4 is 16.8 Å². The molecule has 1 amide bonds. The number of fused-ring (bicyclic) bond motifs is 1. The van der Waals surface area contributed by atoms with Crippen molar-refractivity contribution in [1.29, 1.82) is 0 Å². The maximum atomic E-state index is 12.6. The number of carbonyl (C=O) groups excluding carboxylic acids is 1. The van der Waals surface area contributed by atoms with Crippen molar-refractivity contribution in [3.63, 3.8) is 0 Å². The Kier molecular flexibility index (Phi) is 5.02. The number of carbonyl (C=O) groups is 1. The Balaban J connectivity index is 2.22. The van der Waals surface area contributed by atoms with Gasteiger partial charge in [-0.2, -0.15) is 0 Å². The Morgan fingerprint density at radius 2 is 2.05 bits per heavy atom. The summed E-state index contributed by atoms with van der Waals surface area (Å²) in [5, 5.41) is 10.1. The van der Waals surface area contributed by atoms with Crippen LogP contribution in [0.2, 0.25) is 0 Å². The zero-order valence-corrected chi connectivity index (χ0v) is 13.0. The molecule has 2 rings (SSSR count). The standard InChI is InChI=1S/C17H24N2O2/c1-13(2)18(9-6-10-20)17(21)12-19-14(3)11-15-7-4-5-8-16(15)19/h4-5,7-8,11,13,20H,6,9-10,12H2,1-3H3. The smallest absolute Gasteiger partial charge is 0.242 e. The van der Waals surface area contributed by atoms with Gasteiger partial charge in [0, 0.05) is 30.4 Å². The van der Waals surface area contributed by atoms with E-state index in [1.165, 1.54) is 0 Å². The van der Waals surface area contributed by atoms with Gasteiger partial charge >= 0.3 is 0 Å². The van der Waals surface area contributed by atoms with Gasteiger partial charge in [-0.1, -0.05) is 18.2 Å². The molecule has 1 heterocycles. The highest BCUT2D eigenvalue weighted by molar-refractivity contribution is 5.84. The van der Waals surface area contributed by atoms with Crippen molar-refractivity contribution in [1.82, 2.24) is 9.47 Å². The number of hydrogen-bond acceptors (Lipinski definition) is 2. The predicted octanol–water partition coefficient (Wildman–Crippen LogP) is 2.57. The summed E-state index contributed by atoms with van der Waals surface area (Å²) < 4.78 is 2.06. The van der Waals surface area contributed by atoms with Gasteiger partial charge in [0.25, 0.3) is 0 Å². The van der Waals surface area contributed by atoms with Gasteiger partial charge in [-0.05, 0) is 44.7 Å². The van der Waals surface area contributed by atoms with E-state index in [1.54, 1.807) is 0 Å². The predicted molar refractivity (Wildman–Crippen MR) is 85.2 cm³/mol. The topological polar surface area (TPSA) is 45.5 Å². The van der Waals surface area contributed by atoms with Gasteiger partial charge in [-0.25, -0.2) is 0 Å². The molecule has 0 spiro atoms. The van der Waals surface area contributed by atoms with Crippen molar-refractivity contribution in [2.24, 2.45) is 0 Å². The molecule has 0 fully saturated rings. The van der Waals surface area contributed by atoms with Crippen molar-refractivity contribution in [2.75, 3.05) is 13.2 Å². The Labute approximate surface area is 126 Å². The van der Waals surface area contributed by atoms with Crippen LogP contribution in [0.4, 0.5) is 0 Å². The Morgan fingerprint density at radius 3 is 2.71 bits per heavy atom. The lowest BCUT2D eigenvalue weighted by Crippen LogP contribution is -2.40. The molecule has 0 aliphatic carbocycles. The minimum atomic E-state index is 0.0999. The molecule has 0 aliphatic rings. The summed E-state index contributed by atoms with van der Waals surface area (Å²) in [6, 6.07) is 10.4. The number of aromatic nitrogens is 1. The van der Waals surface area contributed by atoms with Crippen LogP contribution in [0.15, 0.2) is 30.3 Å². The number of aliphatic hydroxyl groups is 1. The minimum absolute atomic E-state index is 0.0999. The zero-order valence-electron chi connectivity index (χ0n) is 13.0. The number of aryl methyl sites for hydroxylation is 1. The third-order valence-corrected chi connectivity index (χ3v) is 3.81. The monoisotopic (exact) mass is 288 g/mol. The molecule has 1 N–H and O–H groups in total. The van der Waals surface area contributed by atoms with Crippen LogP contribution in [0, 0.1) is 6.92 Å². The second kappa shape index (κ2) is 6.76. The first kappa shape index (κ1) is 15.6. The summed E-state index contributed by atoms with van der Waals surface area (Å²) in [6.07, 6.45) is 0.620. The van der Waals surface area contributed by atoms with E-state index in [0.29, 0.717) is 19.5 Å². The molecular weight excluding hydrogens is 264 g/mol. The third kappa shape index (κ3) is 3.45. The Bertz CT molecular complexity index is 616. The first-order valence-electron chi connectivity index (χ1n) is 7.49. The average molecular weight is 288 g/mol. The van der Waals surface area contributed by atoms with Gasteiger partial charge in [0.05, 0.1) is 0 Å². The summed E-state index contributed by atoms with van der Waals surface area (Å²) in [5.41, 5.74) is 2.18. The van der Waals surface area contributed by atoms with Crippen molar-refractivity contribution in [3.05, 3.63) is 36.0 Å². The number of aliphatic hydroxyl groups excluding tert-OH is 1. The summed E-state index contributed by atoms with van der Waals surface area (Å²) in [6.45, 7) is 7.11. The van der Waals surface area contributed by atoms with Crippen LogP contribution in [-0.2, 0) is 11.3 Å². The highest BCUT2D eigenvalue weighted by Gasteiger charge is 2.18. The van der Waals surface area contributed by atoms with E-state index < -0.39 is 0 Å². The molecule has 1 aromatic carbocycles. The van der Waals surface area contributed by atoms with Crippen LogP contribution in [0.1, 0.15) is 26.0 Å². The van der Waals surface area contributed by atoms with Gasteiger partial charge < -0.3 is 14.6 Å². The summed E-state index contributed by atoms with van der Waals surface area (Å²) >= 11 is 0. The van der Waals surface area contributed by atoms with E-state index in [4.69, 9.17) is 5.11 Å². The molecular formula is C17H24N2O2. The molecule has 21 heavy (non-hydrogen) atoms. The third-order valence-electron chi connectivity index (χ3n) is 3.81. The minimum Gasteiger partial charge on any atom is -0.396 e. The maximum Gasteiger partial charge on any atom is 0.242 e. The van der Waals surface area contributed by atoms with E-state index in [9.17, 15) is 4.79 Å². The fourth-order valence-electron chi connectivity index (χ4n) is 2.70. The van der Waals surface area contributed by atoms with Gasteiger partial charge in [0.2, 0.25) is 5.91 Å². The average Bonchev–Trinajstić information content (AvgIpc) is 2.75. The molecule has 2 aromatic rings. The largest absolute Gasteiger partial charge is 0.396 e. The Hall–Kier alpha value is -1.81. The molecule has 0 radical (unpaired) electrons. The fourth-order valence-corrected chi connectivity index (χ4v) is 2.70. The number of nitrogens with zero attached hydrogens (tertiary/aromatic N) is 2. The molecule has 0 saturated heterocycles. The van der Waals surface area contributed by atoms with Gasteiger partial charge in [0.1, 0.15) is 6.54 Å². The van der Waals surface area contributed by atoms with Crippen molar-refractivity contribution in [3.8, 4) is 0 Å². The molecule has 0 atom stereocenters. The van der Waals surface area contributed by atoms with Crippen LogP contribution >= 0.6 is 0 Å². The zero-order chi connectivity index (χ0) is 15.4. The molecule has 0 saturated carbocycles. The van der Waals surface area contributed by atoms with Gasteiger partial charge in [0.15, 0.2) is 0 Å². The first-order chi connectivity index (χ1) is 10.0. The molecule has 0 aliphatic heterocycles. The van der Waals surface area contributed by atoms with E-state index >= 15 is 0 Å². The molecule has 0 unspecified atom stereocenters. The van der Waals surface area contributed by atoms with Crippen LogP contribution in [0.5, 0.6) is 0 Å². The molecule has 1 aromatic heterocycles. The quantitative estimate of drug-likeness (QED) is 0.888. The summed E-state index contributed by atoms with van der Waals surface area (Å²) in [5.74, 6) is 0.0999. The van der Waals surface area contributed by atoms with Gasteiger partial charge in [-0.3, -0.25) is 4.79 Å². The maximum absolute atomic E-state index is 12.6. The Morgan fingerprint density at radius 1 is 1.33 bits per heavy atom. The van der Waals surface area contributed by atoms with Crippen LogP contribution in [0.3, 0.4) is 0 Å². The van der Waals surface area contributed by atoms with E-state index in [-0.39, 0.29) is 18.6 Å². The van der Waals surface area contributed by atoms with E-state index in [1.807, 2.05) is 43.9 Å². The van der Waals surface area contributed by atoms with E-state index in [2.05, 4.69) is 16.7 Å². The van der Waals surface area contributed by atoms with Crippen LogP contribution < -0.4 is 0 Å². The molecule has 4 nitrogen and oxygen atoms in total. The number of hydrogen-bond donors (Lipinski definition) is 1. The summed E-state index contributed by atoms with van der Waals surface area (Å²) in [7, 11) is 0. The summed E-state index contributed by atoms with van der Waals surface area (Å²) in [4.78, 5) is 14.4. The van der Waals surface area contributed by atoms with Crippen molar-refractivity contribution < 1.29 is 9.90 Å². The van der Waals surface area contributed by atoms with Crippen LogP contribution in [0.25, 0.3) is 10.9 Å². The normalized spacial score (nSPS) is 11.3. The second-order valence-electron chi connectivity index (χ2n) is 5.69. The fraction of sp³-hybridized carbons (Fsp3) is 0.471. The number of para-hydroxylation sites is 1. The number of amides is 1. The van der Waals surface area contributed by atoms with Crippen molar-refractivity contribution in [2.45, 2.75) is 39.8 Å². The lowest BCUT2D eigenvalue weighted by atomic mass is 10.2. The highest BCUT2D eigenvalue weighted by atomic mass is 16.3. The van der Waals surface area contributed by atoms with Crippen LogP contribution in [-0.4, -0.2) is 39.7 Å². The molecule has 4 heteroatoms. The first-order valence-corrected chi connectivity index (χ1v) is 7.49.